The highest BCUT2D eigenvalue weighted by Gasteiger charge is 2.14. The van der Waals surface area contributed by atoms with Crippen LogP contribution in [0.4, 0.5) is 0 Å². The number of hydrogen-bond donors (Lipinski definition) is 2. The molecule has 1 aromatic rings. The quantitative estimate of drug-likeness (QED) is 0.522. The van der Waals surface area contributed by atoms with Gasteiger partial charge in [-0.1, -0.05) is 6.92 Å². The number of nitrogens with zero attached hydrogens (tertiary/aromatic N) is 1. The highest BCUT2D eigenvalue weighted by molar-refractivity contribution is 7.89. The normalized spacial score (nSPS) is 11.8. The molecule has 0 aliphatic carbocycles. The van der Waals surface area contributed by atoms with Gasteiger partial charge in [-0.2, -0.15) is 0 Å². The molecule has 0 heterocycles. The Kier molecular flexibility index (Phi) is 6.94. The molecular weight excluding hydrogens is 278 g/mol. The molecule has 0 bridgehead atoms. The van der Waals surface area contributed by atoms with Gasteiger partial charge in [0.1, 0.15) is 5.75 Å². The number of rotatable bonds is 9. The van der Waals surface area contributed by atoms with Crippen LogP contribution in [0.25, 0.3) is 0 Å². The van der Waals surface area contributed by atoms with Crippen molar-refractivity contribution in [2.75, 3.05) is 33.8 Å². The first kappa shape index (κ1) is 16.9. The minimum Gasteiger partial charge on any atom is -0.494 e. The maximum atomic E-state index is 11.9. The van der Waals surface area contributed by atoms with Crippen LogP contribution in [0.3, 0.4) is 0 Å². The van der Waals surface area contributed by atoms with Gasteiger partial charge in [-0.05, 0) is 43.8 Å². The van der Waals surface area contributed by atoms with Gasteiger partial charge in [-0.3, -0.25) is 0 Å². The smallest absolute Gasteiger partial charge is 0.253 e. The van der Waals surface area contributed by atoms with Crippen molar-refractivity contribution in [3.8, 4) is 5.75 Å². The first-order chi connectivity index (χ1) is 9.45. The molecule has 1 aromatic carbocycles. The lowest BCUT2D eigenvalue weighted by atomic mass is 10.3. The lowest BCUT2D eigenvalue weighted by Gasteiger charge is -2.13. The van der Waals surface area contributed by atoms with Crippen LogP contribution in [0.5, 0.6) is 5.75 Å². The number of ether oxygens (including phenoxy) is 1. The summed E-state index contributed by atoms with van der Waals surface area (Å²) < 4.78 is 29.3. The van der Waals surface area contributed by atoms with E-state index >= 15 is 0 Å². The lowest BCUT2D eigenvalue weighted by Crippen LogP contribution is -2.36. The van der Waals surface area contributed by atoms with Crippen molar-refractivity contribution < 1.29 is 13.2 Å². The van der Waals surface area contributed by atoms with E-state index in [4.69, 9.17) is 4.74 Å². The monoisotopic (exact) mass is 301 g/mol. The summed E-state index contributed by atoms with van der Waals surface area (Å²) in [6.07, 6.45) is 0.913. The number of hydrazine groups is 1. The fourth-order valence-corrected chi connectivity index (χ4v) is 2.65. The van der Waals surface area contributed by atoms with E-state index in [1.54, 1.807) is 26.2 Å². The van der Waals surface area contributed by atoms with Crippen LogP contribution < -0.4 is 14.9 Å². The van der Waals surface area contributed by atoms with Crippen molar-refractivity contribution in [2.45, 2.75) is 18.2 Å². The van der Waals surface area contributed by atoms with Crippen LogP contribution >= 0.6 is 0 Å². The highest BCUT2D eigenvalue weighted by atomic mass is 32.2. The molecule has 0 amide bonds. The Morgan fingerprint density at radius 3 is 2.40 bits per heavy atom. The zero-order valence-electron chi connectivity index (χ0n) is 12.2. The van der Waals surface area contributed by atoms with Gasteiger partial charge in [0.2, 0.25) is 0 Å². The fourth-order valence-electron chi connectivity index (χ4n) is 1.57. The Balaban J connectivity index is 2.52. The first-order valence-corrected chi connectivity index (χ1v) is 8.07. The van der Waals surface area contributed by atoms with Gasteiger partial charge in [0.25, 0.3) is 10.0 Å². The van der Waals surface area contributed by atoms with Gasteiger partial charge in [0, 0.05) is 14.1 Å². The van der Waals surface area contributed by atoms with E-state index in [2.05, 4.69) is 17.1 Å². The molecule has 114 valence electrons. The Labute approximate surface area is 121 Å². The third kappa shape index (κ3) is 5.87. The molecule has 0 aromatic heterocycles. The van der Waals surface area contributed by atoms with E-state index in [0.29, 0.717) is 12.4 Å². The van der Waals surface area contributed by atoms with Crippen LogP contribution in [-0.4, -0.2) is 47.2 Å². The summed E-state index contributed by atoms with van der Waals surface area (Å²) in [4.78, 5) is 2.59. The third-order valence-electron chi connectivity index (χ3n) is 2.45. The number of benzene rings is 1. The molecule has 6 nitrogen and oxygen atoms in total. The van der Waals surface area contributed by atoms with Gasteiger partial charge in [0.05, 0.1) is 11.5 Å². The van der Waals surface area contributed by atoms with Gasteiger partial charge in [-0.15, -0.1) is 4.83 Å². The SMILES string of the molecule is CCNCCCOc1ccc(S(=O)(=O)NN(C)C)cc1. The molecular formula is C13H23N3O3S. The molecule has 0 fully saturated rings. The average Bonchev–Trinajstić information content (AvgIpc) is 2.37. The molecule has 1 rings (SSSR count). The summed E-state index contributed by atoms with van der Waals surface area (Å²) >= 11 is 0. The largest absolute Gasteiger partial charge is 0.494 e. The standard InChI is InChI=1S/C13H23N3O3S/c1-4-14-10-5-11-19-12-6-8-13(9-7-12)20(17,18)15-16(2)3/h6-9,14-15H,4-5,10-11H2,1-3H3. The molecule has 0 aliphatic heterocycles. The summed E-state index contributed by atoms with van der Waals surface area (Å²) in [5, 5.41) is 4.60. The van der Waals surface area contributed by atoms with E-state index < -0.39 is 10.0 Å². The maximum absolute atomic E-state index is 11.9. The highest BCUT2D eigenvalue weighted by Crippen LogP contribution is 2.16. The van der Waals surface area contributed by atoms with Crippen molar-refractivity contribution in [1.82, 2.24) is 15.2 Å². The average molecular weight is 301 g/mol. The fraction of sp³-hybridized carbons (Fsp3) is 0.538. The molecule has 2 N–H and O–H groups in total. The summed E-state index contributed by atoms with van der Waals surface area (Å²) in [6, 6.07) is 6.39. The Morgan fingerprint density at radius 1 is 1.20 bits per heavy atom. The predicted molar refractivity (Wildman–Crippen MR) is 79.1 cm³/mol. The van der Waals surface area contributed by atoms with Gasteiger partial charge in [-0.25, -0.2) is 13.4 Å². The van der Waals surface area contributed by atoms with E-state index in [0.717, 1.165) is 19.5 Å². The molecule has 0 atom stereocenters. The molecule has 0 saturated carbocycles. The van der Waals surface area contributed by atoms with E-state index in [-0.39, 0.29) is 4.90 Å². The second kappa shape index (κ2) is 8.21. The second-order valence-electron chi connectivity index (χ2n) is 4.52. The van der Waals surface area contributed by atoms with Crippen LogP contribution in [0.2, 0.25) is 0 Å². The number of nitrogens with one attached hydrogen (secondary N) is 2. The van der Waals surface area contributed by atoms with Gasteiger partial charge in [0.15, 0.2) is 0 Å². The summed E-state index contributed by atoms with van der Waals surface area (Å²) in [7, 11) is -0.250. The van der Waals surface area contributed by atoms with Gasteiger partial charge < -0.3 is 10.1 Å². The van der Waals surface area contributed by atoms with Crippen molar-refractivity contribution in [1.29, 1.82) is 0 Å². The molecule has 0 aliphatic rings. The zero-order valence-corrected chi connectivity index (χ0v) is 13.0. The zero-order chi connectivity index (χ0) is 15.0. The second-order valence-corrected chi connectivity index (χ2v) is 6.18. The van der Waals surface area contributed by atoms with E-state index in [1.165, 1.54) is 17.1 Å². The molecule has 0 spiro atoms. The maximum Gasteiger partial charge on any atom is 0.253 e. The summed E-state index contributed by atoms with van der Waals surface area (Å²) in [5.41, 5.74) is 0. The van der Waals surface area contributed by atoms with E-state index in [9.17, 15) is 8.42 Å². The third-order valence-corrected chi connectivity index (χ3v) is 3.95. The lowest BCUT2D eigenvalue weighted by molar-refractivity contribution is 0.308. The molecule has 20 heavy (non-hydrogen) atoms. The minimum atomic E-state index is -3.50. The van der Waals surface area contributed by atoms with E-state index in [1.807, 2.05) is 0 Å². The first-order valence-electron chi connectivity index (χ1n) is 6.59. The van der Waals surface area contributed by atoms with Crippen LogP contribution in [0.1, 0.15) is 13.3 Å². The minimum absolute atomic E-state index is 0.214. The number of hydrogen-bond acceptors (Lipinski definition) is 5. The summed E-state index contributed by atoms with van der Waals surface area (Å²) in [6.45, 7) is 4.53. The Morgan fingerprint density at radius 2 is 1.85 bits per heavy atom. The topological polar surface area (TPSA) is 70.7 Å². The van der Waals surface area contributed by atoms with Crippen LogP contribution in [0, 0.1) is 0 Å². The van der Waals surface area contributed by atoms with Crippen LogP contribution in [0.15, 0.2) is 29.2 Å². The van der Waals surface area contributed by atoms with Crippen molar-refractivity contribution in [3.05, 3.63) is 24.3 Å². The van der Waals surface area contributed by atoms with Crippen molar-refractivity contribution >= 4 is 10.0 Å². The molecule has 0 radical (unpaired) electrons. The molecule has 0 unspecified atom stereocenters. The van der Waals surface area contributed by atoms with Crippen molar-refractivity contribution in [2.24, 2.45) is 0 Å². The molecule has 0 saturated heterocycles. The Bertz CT molecular complexity index is 486. The van der Waals surface area contributed by atoms with Gasteiger partial charge >= 0.3 is 0 Å². The summed E-state index contributed by atoms with van der Waals surface area (Å²) in [5.74, 6) is 0.672. The Hall–Kier alpha value is -1.15. The van der Waals surface area contributed by atoms with Crippen molar-refractivity contribution in [3.63, 3.8) is 0 Å². The molecule has 7 heteroatoms. The number of sulfonamides is 1. The predicted octanol–water partition coefficient (Wildman–Crippen LogP) is 0.820. The van der Waals surface area contributed by atoms with Crippen LogP contribution in [-0.2, 0) is 10.0 Å².